The molecule has 0 fully saturated rings. The van der Waals surface area contributed by atoms with E-state index in [2.05, 4.69) is 53.9 Å². The zero-order valence-electron chi connectivity index (χ0n) is 23.8. The van der Waals surface area contributed by atoms with Crippen LogP contribution in [-0.2, 0) is 9.59 Å². The smallest absolute Gasteiger partial charge is 0.255 e. The molecule has 0 N–H and O–H groups in total. The van der Waals surface area contributed by atoms with E-state index in [-0.39, 0.29) is 45.8 Å². The van der Waals surface area contributed by atoms with Gasteiger partial charge in [0.05, 0.1) is 51.4 Å². The van der Waals surface area contributed by atoms with Crippen LogP contribution in [0, 0.1) is 0 Å². The highest BCUT2D eigenvalue weighted by Gasteiger charge is 2.32. The SMILES string of the molecule is CCN(CC)C(=O)C1=CCC[N+](C)(CCCCCC[N+]2(C)CCC=C(C(=O)N(CC)CC)C2)C1.[Br-].[Br-]. The second-order valence-corrected chi connectivity index (χ2v) is 10.9. The molecule has 2 atom stereocenters. The summed E-state index contributed by atoms with van der Waals surface area (Å²) >= 11 is 0. The van der Waals surface area contributed by atoms with Crippen molar-refractivity contribution >= 4 is 11.8 Å². The van der Waals surface area contributed by atoms with Crippen LogP contribution in [0.15, 0.2) is 23.3 Å². The van der Waals surface area contributed by atoms with Crippen molar-refractivity contribution in [1.82, 2.24) is 9.80 Å². The molecule has 2 amide bonds. The van der Waals surface area contributed by atoms with E-state index in [9.17, 15) is 9.59 Å². The van der Waals surface area contributed by atoms with Gasteiger partial charge in [0.25, 0.3) is 11.8 Å². The van der Waals surface area contributed by atoms with E-state index >= 15 is 0 Å². The van der Waals surface area contributed by atoms with Crippen molar-refractivity contribution in [2.45, 2.75) is 66.2 Å². The number of nitrogens with zero attached hydrogens (tertiary/aromatic N) is 4. The van der Waals surface area contributed by atoms with Crippen LogP contribution in [0.25, 0.3) is 0 Å². The fourth-order valence-corrected chi connectivity index (χ4v) is 5.67. The molecule has 0 aromatic heterocycles. The third kappa shape index (κ3) is 10.2. The summed E-state index contributed by atoms with van der Waals surface area (Å²) in [6.45, 7) is 17.7. The Balaban J connectivity index is 0.00000612. The van der Waals surface area contributed by atoms with Crippen molar-refractivity contribution in [3.05, 3.63) is 23.3 Å². The van der Waals surface area contributed by atoms with Gasteiger partial charge in [0.15, 0.2) is 0 Å². The van der Waals surface area contributed by atoms with E-state index in [1.807, 2.05) is 9.80 Å². The maximum Gasteiger partial charge on any atom is 0.255 e. The number of amides is 2. The predicted octanol–water partition coefficient (Wildman–Crippen LogP) is -2.15. The van der Waals surface area contributed by atoms with Crippen LogP contribution in [0.5, 0.6) is 0 Å². The van der Waals surface area contributed by atoms with Crippen LogP contribution in [0.1, 0.15) is 66.2 Å². The minimum Gasteiger partial charge on any atom is -1.00 e. The lowest BCUT2D eigenvalue weighted by atomic mass is 10.0. The summed E-state index contributed by atoms with van der Waals surface area (Å²) in [6, 6.07) is 0. The van der Waals surface area contributed by atoms with E-state index in [0.717, 1.165) is 98.4 Å². The fourth-order valence-electron chi connectivity index (χ4n) is 5.67. The van der Waals surface area contributed by atoms with Gasteiger partial charge in [-0.05, 0) is 53.4 Å². The predicted molar refractivity (Wildman–Crippen MR) is 141 cm³/mol. The van der Waals surface area contributed by atoms with E-state index in [4.69, 9.17) is 0 Å². The maximum atomic E-state index is 12.8. The molecule has 0 spiro atoms. The van der Waals surface area contributed by atoms with Crippen LogP contribution in [0.4, 0.5) is 0 Å². The van der Waals surface area contributed by atoms with Crippen molar-refractivity contribution < 1.29 is 52.5 Å². The second kappa shape index (κ2) is 17.0. The Morgan fingerprint density at radius 1 is 0.667 bits per heavy atom. The Bertz CT molecular complexity index is 688. The van der Waals surface area contributed by atoms with Crippen LogP contribution < -0.4 is 34.0 Å². The first-order chi connectivity index (χ1) is 16.2. The van der Waals surface area contributed by atoms with Crippen molar-refractivity contribution in [1.29, 1.82) is 0 Å². The van der Waals surface area contributed by atoms with E-state index in [1.165, 1.54) is 25.7 Å². The molecule has 0 bridgehead atoms. The molecule has 0 radical (unpaired) electrons. The summed E-state index contributed by atoms with van der Waals surface area (Å²) < 4.78 is 1.99. The first kappa shape index (κ1) is 35.3. The van der Waals surface area contributed by atoms with Gasteiger partial charge in [-0.2, -0.15) is 0 Å². The number of likely N-dealkylation sites (N-methyl/N-ethyl adjacent to an activating group) is 4. The molecule has 2 aliphatic rings. The monoisotopic (exact) mass is 634 g/mol. The van der Waals surface area contributed by atoms with Gasteiger partial charge >= 0.3 is 0 Å². The van der Waals surface area contributed by atoms with Gasteiger partial charge in [0, 0.05) is 39.0 Å². The van der Waals surface area contributed by atoms with Crippen molar-refractivity contribution in [2.75, 3.05) is 79.5 Å². The lowest BCUT2D eigenvalue weighted by Gasteiger charge is -2.39. The molecular weight excluding hydrogens is 584 g/mol. The van der Waals surface area contributed by atoms with Crippen LogP contribution in [0.2, 0.25) is 0 Å². The zero-order valence-corrected chi connectivity index (χ0v) is 27.0. The molecule has 0 saturated heterocycles. The molecule has 2 aliphatic heterocycles. The quantitative estimate of drug-likeness (QED) is 0.171. The highest BCUT2D eigenvalue weighted by Crippen LogP contribution is 2.22. The molecule has 210 valence electrons. The Morgan fingerprint density at radius 2 is 1.00 bits per heavy atom. The van der Waals surface area contributed by atoms with Gasteiger partial charge in [-0.15, -0.1) is 0 Å². The first-order valence-corrected chi connectivity index (χ1v) is 13.8. The van der Waals surface area contributed by atoms with Crippen molar-refractivity contribution in [3.63, 3.8) is 0 Å². The molecule has 2 unspecified atom stereocenters. The standard InChI is InChI=1S/C28H52N4O2.2BrH/c1-7-29(8-2)27(33)25-17-15-21-31(5,23-25)19-13-11-12-14-20-32(6)22-16-18-26(24-32)28(34)30(9-3)10-4;;/h17-18H,7-16,19-24H2,1-6H3;2*1H/q+2;;/p-2. The highest BCUT2D eigenvalue weighted by atomic mass is 79.9. The van der Waals surface area contributed by atoms with Gasteiger partial charge in [0.2, 0.25) is 0 Å². The third-order valence-corrected chi connectivity index (χ3v) is 8.02. The molecule has 6 nitrogen and oxygen atoms in total. The van der Waals surface area contributed by atoms with E-state index < -0.39 is 0 Å². The number of hydrogen-bond acceptors (Lipinski definition) is 2. The topological polar surface area (TPSA) is 40.6 Å². The number of halogens is 2. The summed E-state index contributed by atoms with van der Waals surface area (Å²) in [6.07, 6.45) is 11.3. The largest absolute Gasteiger partial charge is 1.00 e. The molecule has 0 aliphatic carbocycles. The number of rotatable bonds is 13. The van der Waals surface area contributed by atoms with Gasteiger partial charge < -0.3 is 52.7 Å². The molecule has 2 heterocycles. The number of quaternary nitrogens is 2. The average Bonchev–Trinajstić information content (AvgIpc) is 2.82. The van der Waals surface area contributed by atoms with Crippen molar-refractivity contribution in [2.24, 2.45) is 0 Å². The highest BCUT2D eigenvalue weighted by molar-refractivity contribution is 5.94. The van der Waals surface area contributed by atoms with E-state index in [0.29, 0.717) is 0 Å². The Hall–Kier alpha value is -0.700. The minimum absolute atomic E-state index is 0. The Morgan fingerprint density at radius 3 is 1.31 bits per heavy atom. The Labute approximate surface area is 242 Å². The van der Waals surface area contributed by atoms with Crippen LogP contribution >= 0.6 is 0 Å². The van der Waals surface area contributed by atoms with Gasteiger partial charge in [-0.1, -0.05) is 12.2 Å². The molecule has 0 aromatic rings. The molecule has 0 saturated carbocycles. The van der Waals surface area contributed by atoms with Gasteiger partial charge in [0.1, 0.15) is 13.1 Å². The number of hydrogen-bond donors (Lipinski definition) is 0. The molecule has 36 heavy (non-hydrogen) atoms. The number of carbonyl (C=O) groups is 2. The van der Waals surface area contributed by atoms with Gasteiger partial charge in [-0.3, -0.25) is 9.59 Å². The summed E-state index contributed by atoms with van der Waals surface area (Å²) in [5, 5.41) is 0. The minimum atomic E-state index is 0. The lowest BCUT2D eigenvalue weighted by Crippen LogP contribution is -3.00. The molecule has 8 heteroatoms. The normalized spacial score (nSPS) is 23.5. The molecular formula is C28H52Br2N4O2. The van der Waals surface area contributed by atoms with Crippen molar-refractivity contribution in [3.8, 4) is 0 Å². The molecule has 2 rings (SSSR count). The summed E-state index contributed by atoms with van der Waals surface area (Å²) in [7, 11) is 4.65. The third-order valence-electron chi connectivity index (χ3n) is 8.02. The second-order valence-electron chi connectivity index (χ2n) is 10.9. The van der Waals surface area contributed by atoms with Crippen LogP contribution in [-0.4, -0.2) is 110 Å². The molecule has 0 aromatic carbocycles. The lowest BCUT2D eigenvalue weighted by molar-refractivity contribution is -0.906. The summed E-state index contributed by atoms with van der Waals surface area (Å²) in [5.41, 5.74) is 2.03. The van der Waals surface area contributed by atoms with Crippen LogP contribution in [0.3, 0.4) is 0 Å². The summed E-state index contributed by atoms with van der Waals surface area (Å²) in [4.78, 5) is 29.5. The number of unbranched alkanes of at least 4 members (excludes halogenated alkanes) is 3. The average molecular weight is 637 g/mol. The van der Waals surface area contributed by atoms with Gasteiger partial charge in [-0.25, -0.2) is 0 Å². The fraction of sp³-hybridized carbons (Fsp3) is 0.786. The Kier molecular flexibility index (Phi) is 16.7. The summed E-state index contributed by atoms with van der Waals surface area (Å²) in [5.74, 6) is 0.473. The number of carbonyl (C=O) groups excluding carboxylic acids is 2. The zero-order chi connectivity index (χ0) is 25.2. The van der Waals surface area contributed by atoms with E-state index in [1.54, 1.807) is 0 Å². The maximum absolute atomic E-state index is 12.8. The first-order valence-electron chi connectivity index (χ1n) is 13.8.